The van der Waals surface area contributed by atoms with Gasteiger partial charge in [0.2, 0.25) is 5.91 Å². The third-order valence-corrected chi connectivity index (χ3v) is 5.45. The smallest absolute Gasteiger partial charge is 0.337 e. The second kappa shape index (κ2) is 8.41. The van der Waals surface area contributed by atoms with Crippen molar-refractivity contribution in [3.05, 3.63) is 65.9 Å². The number of aromatic nitrogens is 1. The maximum absolute atomic E-state index is 13.0. The molecule has 0 aliphatic carbocycles. The molecule has 1 aliphatic heterocycles. The van der Waals surface area contributed by atoms with Gasteiger partial charge in [-0.25, -0.2) is 4.79 Å². The normalized spacial score (nSPS) is 16.3. The third kappa shape index (κ3) is 4.05. The second-order valence-corrected chi connectivity index (χ2v) is 7.43. The Bertz CT molecular complexity index is 1090. The molecule has 0 bridgehead atoms. The predicted molar refractivity (Wildman–Crippen MR) is 113 cm³/mol. The molecule has 0 spiro atoms. The minimum Gasteiger partial charge on any atom is -0.465 e. The first-order chi connectivity index (χ1) is 14.5. The highest BCUT2D eigenvalue weighted by atomic mass is 16.5. The Labute approximate surface area is 174 Å². The SMILES string of the molecule is COC(=O)c1ccc(NC(=O)C2CCCN(C(=O)c3ccc4cc[nH]c4c3)C2)cc1. The molecule has 1 saturated heterocycles. The number of methoxy groups -OCH3 is 1. The van der Waals surface area contributed by atoms with E-state index in [1.54, 1.807) is 29.2 Å². The zero-order chi connectivity index (χ0) is 21.1. The van der Waals surface area contributed by atoms with Crippen LogP contribution in [0.3, 0.4) is 0 Å². The molecule has 1 aliphatic rings. The van der Waals surface area contributed by atoms with Crippen LogP contribution < -0.4 is 5.32 Å². The van der Waals surface area contributed by atoms with Crippen LogP contribution in [0, 0.1) is 5.92 Å². The zero-order valence-electron chi connectivity index (χ0n) is 16.7. The van der Waals surface area contributed by atoms with Crippen LogP contribution in [0.4, 0.5) is 5.69 Å². The number of benzene rings is 2. The molecule has 3 aromatic rings. The van der Waals surface area contributed by atoms with Gasteiger partial charge in [0.05, 0.1) is 18.6 Å². The molecule has 1 unspecified atom stereocenters. The maximum Gasteiger partial charge on any atom is 0.337 e. The van der Waals surface area contributed by atoms with Gasteiger partial charge in [0.25, 0.3) is 5.91 Å². The number of aromatic amines is 1. The van der Waals surface area contributed by atoms with E-state index in [2.05, 4.69) is 15.0 Å². The topological polar surface area (TPSA) is 91.5 Å². The van der Waals surface area contributed by atoms with Gasteiger partial charge in [-0.15, -0.1) is 0 Å². The molecule has 2 amide bonds. The number of anilines is 1. The number of ether oxygens (including phenoxy) is 1. The van der Waals surface area contributed by atoms with Gasteiger partial charge in [0, 0.05) is 36.1 Å². The number of H-pyrrole nitrogens is 1. The standard InChI is InChI=1S/C23H23N3O4/c1-30-23(29)16-6-8-19(9-7-16)25-21(27)18-3-2-12-26(14-18)22(28)17-5-4-15-10-11-24-20(15)13-17/h4-11,13,18,24H,2-3,12,14H2,1H3,(H,25,27). The molecule has 7 nitrogen and oxygen atoms in total. The molecular weight excluding hydrogens is 382 g/mol. The number of carbonyl (C=O) groups is 3. The lowest BCUT2D eigenvalue weighted by Crippen LogP contribution is -2.43. The van der Waals surface area contributed by atoms with E-state index in [4.69, 9.17) is 0 Å². The fraction of sp³-hybridized carbons (Fsp3) is 0.261. The van der Waals surface area contributed by atoms with Crippen LogP contribution in [0.1, 0.15) is 33.6 Å². The van der Waals surface area contributed by atoms with Crippen molar-refractivity contribution in [2.75, 3.05) is 25.5 Å². The number of hydrogen-bond acceptors (Lipinski definition) is 4. The van der Waals surface area contributed by atoms with E-state index in [1.165, 1.54) is 7.11 Å². The van der Waals surface area contributed by atoms with Gasteiger partial charge in [-0.3, -0.25) is 9.59 Å². The van der Waals surface area contributed by atoms with E-state index in [0.29, 0.717) is 29.9 Å². The number of hydrogen-bond donors (Lipinski definition) is 2. The van der Waals surface area contributed by atoms with Gasteiger partial charge in [0.15, 0.2) is 0 Å². The molecule has 0 radical (unpaired) electrons. The Balaban J connectivity index is 1.40. The van der Waals surface area contributed by atoms with Crippen molar-refractivity contribution < 1.29 is 19.1 Å². The highest BCUT2D eigenvalue weighted by Crippen LogP contribution is 2.22. The summed E-state index contributed by atoms with van der Waals surface area (Å²) in [6, 6.07) is 14.1. The second-order valence-electron chi connectivity index (χ2n) is 7.43. The summed E-state index contributed by atoms with van der Waals surface area (Å²) in [6.45, 7) is 1.02. The van der Waals surface area contributed by atoms with E-state index < -0.39 is 5.97 Å². The van der Waals surface area contributed by atoms with Gasteiger partial charge in [0.1, 0.15) is 0 Å². The molecule has 1 atom stereocenters. The molecule has 154 valence electrons. The molecule has 1 fully saturated rings. The van der Waals surface area contributed by atoms with Gasteiger partial charge >= 0.3 is 5.97 Å². The Kier molecular flexibility index (Phi) is 5.52. The highest BCUT2D eigenvalue weighted by Gasteiger charge is 2.29. The fourth-order valence-electron chi connectivity index (χ4n) is 3.79. The van der Waals surface area contributed by atoms with Crippen LogP contribution in [0.5, 0.6) is 0 Å². The van der Waals surface area contributed by atoms with Crippen LogP contribution >= 0.6 is 0 Å². The predicted octanol–water partition coefficient (Wildman–Crippen LogP) is 3.45. The molecule has 7 heteroatoms. The van der Waals surface area contributed by atoms with Crippen LogP contribution in [-0.2, 0) is 9.53 Å². The van der Waals surface area contributed by atoms with Crippen molar-refractivity contribution in [1.29, 1.82) is 0 Å². The van der Waals surface area contributed by atoms with E-state index in [9.17, 15) is 14.4 Å². The molecule has 2 aromatic carbocycles. The number of nitrogens with one attached hydrogen (secondary N) is 2. The van der Waals surface area contributed by atoms with E-state index in [-0.39, 0.29) is 17.7 Å². The van der Waals surface area contributed by atoms with Gasteiger partial charge < -0.3 is 19.9 Å². The molecule has 2 heterocycles. The summed E-state index contributed by atoms with van der Waals surface area (Å²) in [5.74, 6) is -0.895. The summed E-state index contributed by atoms with van der Waals surface area (Å²) < 4.78 is 4.68. The third-order valence-electron chi connectivity index (χ3n) is 5.45. The van der Waals surface area contributed by atoms with Gasteiger partial charge in [-0.05, 0) is 60.7 Å². The van der Waals surface area contributed by atoms with E-state index in [1.807, 2.05) is 30.5 Å². The summed E-state index contributed by atoms with van der Waals surface area (Å²) in [5, 5.41) is 3.94. The van der Waals surface area contributed by atoms with Crippen molar-refractivity contribution in [3.8, 4) is 0 Å². The average Bonchev–Trinajstić information content (AvgIpc) is 3.26. The highest BCUT2D eigenvalue weighted by molar-refractivity contribution is 5.99. The van der Waals surface area contributed by atoms with Gasteiger partial charge in [-0.1, -0.05) is 6.07 Å². The van der Waals surface area contributed by atoms with Crippen molar-refractivity contribution in [3.63, 3.8) is 0 Å². The molecule has 0 saturated carbocycles. The first-order valence-corrected chi connectivity index (χ1v) is 9.91. The molecule has 4 rings (SSSR count). The summed E-state index contributed by atoms with van der Waals surface area (Å²) in [5.41, 5.74) is 2.56. The van der Waals surface area contributed by atoms with Crippen molar-refractivity contribution in [1.82, 2.24) is 9.88 Å². The Morgan fingerprint density at radius 1 is 1.07 bits per heavy atom. The summed E-state index contributed by atoms with van der Waals surface area (Å²) in [6.07, 6.45) is 3.35. The summed E-state index contributed by atoms with van der Waals surface area (Å²) >= 11 is 0. The number of amides is 2. The lowest BCUT2D eigenvalue weighted by atomic mass is 9.96. The van der Waals surface area contributed by atoms with Crippen molar-refractivity contribution in [2.45, 2.75) is 12.8 Å². The quantitative estimate of drug-likeness (QED) is 0.651. The summed E-state index contributed by atoms with van der Waals surface area (Å²) in [7, 11) is 1.32. The average molecular weight is 405 g/mol. The lowest BCUT2D eigenvalue weighted by molar-refractivity contribution is -0.121. The van der Waals surface area contributed by atoms with Crippen LogP contribution in [-0.4, -0.2) is 47.9 Å². The van der Waals surface area contributed by atoms with Gasteiger partial charge in [-0.2, -0.15) is 0 Å². The van der Waals surface area contributed by atoms with Crippen LogP contribution in [0.15, 0.2) is 54.7 Å². The number of rotatable bonds is 4. The van der Waals surface area contributed by atoms with Crippen LogP contribution in [0.25, 0.3) is 10.9 Å². The monoisotopic (exact) mass is 405 g/mol. The largest absolute Gasteiger partial charge is 0.465 e. The maximum atomic E-state index is 13.0. The fourth-order valence-corrected chi connectivity index (χ4v) is 3.79. The first-order valence-electron chi connectivity index (χ1n) is 9.91. The van der Waals surface area contributed by atoms with E-state index in [0.717, 1.165) is 23.7 Å². The molecular formula is C23H23N3O4. The molecule has 30 heavy (non-hydrogen) atoms. The van der Waals surface area contributed by atoms with Crippen molar-refractivity contribution in [2.24, 2.45) is 5.92 Å². The zero-order valence-corrected chi connectivity index (χ0v) is 16.7. The lowest BCUT2D eigenvalue weighted by Gasteiger charge is -2.32. The number of likely N-dealkylation sites (tertiary alicyclic amines) is 1. The Morgan fingerprint density at radius 3 is 2.60 bits per heavy atom. The Hall–Kier alpha value is -3.61. The van der Waals surface area contributed by atoms with E-state index >= 15 is 0 Å². The minimum atomic E-state index is -0.424. The van der Waals surface area contributed by atoms with Crippen LogP contribution in [0.2, 0.25) is 0 Å². The molecule has 1 aromatic heterocycles. The van der Waals surface area contributed by atoms with Crippen molar-refractivity contribution >= 4 is 34.4 Å². The first kappa shape index (κ1) is 19.7. The molecule has 2 N–H and O–H groups in total. The number of fused-ring (bicyclic) bond motifs is 1. The number of esters is 1. The number of carbonyl (C=O) groups excluding carboxylic acids is 3. The number of nitrogens with zero attached hydrogens (tertiary/aromatic N) is 1. The number of piperidine rings is 1. The minimum absolute atomic E-state index is 0.0635. The summed E-state index contributed by atoms with van der Waals surface area (Å²) in [4.78, 5) is 42.1. The Morgan fingerprint density at radius 2 is 1.83 bits per heavy atom.